The van der Waals surface area contributed by atoms with E-state index >= 15 is 0 Å². The minimum atomic E-state index is 0.524. The minimum Gasteiger partial charge on any atom is -0.336 e. The molecular weight excluding hydrogens is 194 g/mol. The molecule has 0 radical (unpaired) electrons. The Kier molecular flexibility index (Phi) is 2.65. The molecular formula is C10H13N3S. The van der Waals surface area contributed by atoms with Crippen molar-refractivity contribution in [2.45, 2.75) is 6.92 Å². The Bertz CT molecular complexity index is 387. The number of anilines is 1. The van der Waals surface area contributed by atoms with Gasteiger partial charge in [-0.2, -0.15) is 0 Å². The van der Waals surface area contributed by atoms with Gasteiger partial charge in [0.15, 0.2) is 5.13 Å². The van der Waals surface area contributed by atoms with E-state index in [1.807, 2.05) is 18.2 Å². The van der Waals surface area contributed by atoms with E-state index < -0.39 is 0 Å². The number of nitrogens with zero attached hydrogens (tertiary/aromatic N) is 2. The van der Waals surface area contributed by atoms with Gasteiger partial charge in [-0.1, -0.05) is 23.5 Å². The summed E-state index contributed by atoms with van der Waals surface area (Å²) >= 11 is 1.69. The predicted octanol–water partition coefficient (Wildman–Crippen LogP) is 2.04. The molecule has 2 N–H and O–H groups in total. The summed E-state index contributed by atoms with van der Waals surface area (Å²) in [6.07, 6.45) is 0. The first-order valence-corrected chi connectivity index (χ1v) is 5.47. The van der Waals surface area contributed by atoms with Gasteiger partial charge in [-0.3, -0.25) is 0 Å². The lowest BCUT2D eigenvalue weighted by Crippen LogP contribution is -2.29. The summed E-state index contributed by atoms with van der Waals surface area (Å²) in [5.74, 6) is 0. The molecule has 1 heterocycles. The molecule has 0 amide bonds. The number of thiazole rings is 1. The van der Waals surface area contributed by atoms with Crippen LogP contribution in [0.5, 0.6) is 0 Å². The van der Waals surface area contributed by atoms with Crippen LogP contribution in [0.3, 0.4) is 0 Å². The van der Waals surface area contributed by atoms with E-state index in [-0.39, 0.29) is 0 Å². The average molecular weight is 207 g/mol. The molecule has 0 spiro atoms. The van der Waals surface area contributed by atoms with Crippen molar-refractivity contribution in [1.82, 2.24) is 4.98 Å². The van der Waals surface area contributed by atoms with Crippen LogP contribution in [0.25, 0.3) is 10.2 Å². The Morgan fingerprint density at radius 1 is 1.43 bits per heavy atom. The number of rotatable bonds is 3. The van der Waals surface area contributed by atoms with Gasteiger partial charge in [-0.15, -0.1) is 0 Å². The second kappa shape index (κ2) is 3.94. The van der Waals surface area contributed by atoms with Crippen LogP contribution in [-0.2, 0) is 0 Å². The van der Waals surface area contributed by atoms with Crippen LogP contribution in [0.15, 0.2) is 24.3 Å². The van der Waals surface area contributed by atoms with Crippen molar-refractivity contribution in [3.05, 3.63) is 24.3 Å². The van der Waals surface area contributed by atoms with E-state index in [9.17, 15) is 0 Å². The van der Waals surface area contributed by atoms with E-state index in [0.29, 0.717) is 6.67 Å². The summed E-state index contributed by atoms with van der Waals surface area (Å²) in [6, 6.07) is 8.15. The normalized spacial score (nSPS) is 10.7. The van der Waals surface area contributed by atoms with E-state index in [4.69, 9.17) is 5.73 Å². The molecule has 1 aromatic heterocycles. The van der Waals surface area contributed by atoms with Gasteiger partial charge in [0, 0.05) is 6.54 Å². The molecule has 0 fully saturated rings. The fourth-order valence-corrected chi connectivity index (χ4v) is 2.38. The van der Waals surface area contributed by atoms with Gasteiger partial charge in [-0.05, 0) is 19.1 Å². The first-order valence-electron chi connectivity index (χ1n) is 4.65. The second-order valence-corrected chi connectivity index (χ2v) is 4.01. The molecule has 0 aliphatic heterocycles. The van der Waals surface area contributed by atoms with Crippen LogP contribution in [-0.4, -0.2) is 18.2 Å². The number of fused-ring (bicyclic) bond motifs is 1. The topological polar surface area (TPSA) is 42.1 Å². The maximum absolute atomic E-state index is 5.63. The Morgan fingerprint density at radius 3 is 2.86 bits per heavy atom. The SMILES string of the molecule is CCN(CN)c1nc2ccccc2s1. The van der Waals surface area contributed by atoms with E-state index in [1.165, 1.54) is 4.70 Å². The molecule has 3 nitrogen and oxygen atoms in total. The highest BCUT2D eigenvalue weighted by atomic mass is 32.1. The third-order valence-corrected chi connectivity index (χ3v) is 3.25. The maximum Gasteiger partial charge on any atom is 0.187 e. The highest BCUT2D eigenvalue weighted by molar-refractivity contribution is 7.22. The Morgan fingerprint density at radius 2 is 2.21 bits per heavy atom. The molecule has 0 unspecified atom stereocenters. The van der Waals surface area contributed by atoms with Crippen molar-refractivity contribution in [2.75, 3.05) is 18.1 Å². The van der Waals surface area contributed by atoms with Crippen LogP contribution in [0.2, 0.25) is 0 Å². The van der Waals surface area contributed by atoms with Crippen LogP contribution in [0.4, 0.5) is 5.13 Å². The zero-order chi connectivity index (χ0) is 9.97. The molecule has 2 aromatic rings. The average Bonchev–Trinajstić information content (AvgIpc) is 2.63. The lowest BCUT2D eigenvalue weighted by molar-refractivity contribution is 0.840. The fourth-order valence-electron chi connectivity index (χ4n) is 1.34. The summed E-state index contributed by atoms with van der Waals surface area (Å²) in [5, 5.41) is 1.01. The van der Waals surface area contributed by atoms with Crippen molar-refractivity contribution in [1.29, 1.82) is 0 Å². The van der Waals surface area contributed by atoms with E-state index in [1.54, 1.807) is 11.3 Å². The lowest BCUT2D eigenvalue weighted by Gasteiger charge is -2.15. The maximum atomic E-state index is 5.63. The number of nitrogens with two attached hydrogens (primary N) is 1. The van der Waals surface area contributed by atoms with Crippen molar-refractivity contribution in [2.24, 2.45) is 5.73 Å². The van der Waals surface area contributed by atoms with Crippen LogP contribution in [0, 0.1) is 0 Å². The van der Waals surface area contributed by atoms with E-state index in [2.05, 4.69) is 22.9 Å². The number of para-hydroxylation sites is 1. The first kappa shape index (κ1) is 9.43. The molecule has 1 aromatic carbocycles. The summed E-state index contributed by atoms with van der Waals surface area (Å²) in [4.78, 5) is 6.58. The number of benzene rings is 1. The van der Waals surface area contributed by atoms with Gasteiger partial charge < -0.3 is 10.6 Å². The molecule has 2 rings (SSSR count). The van der Waals surface area contributed by atoms with Crippen molar-refractivity contribution in [3.8, 4) is 0 Å². The zero-order valence-electron chi connectivity index (χ0n) is 8.10. The largest absolute Gasteiger partial charge is 0.336 e. The quantitative estimate of drug-likeness (QED) is 0.783. The monoisotopic (exact) mass is 207 g/mol. The Hall–Kier alpha value is -1.13. The van der Waals surface area contributed by atoms with Gasteiger partial charge in [-0.25, -0.2) is 4.98 Å². The molecule has 0 aliphatic rings. The molecule has 4 heteroatoms. The third kappa shape index (κ3) is 1.58. The summed E-state index contributed by atoms with van der Waals surface area (Å²) in [6.45, 7) is 3.51. The molecule has 0 bridgehead atoms. The van der Waals surface area contributed by atoms with Gasteiger partial charge in [0.2, 0.25) is 0 Å². The highest BCUT2D eigenvalue weighted by Crippen LogP contribution is 2.27. The Labute approximate surface area is 87.2 Å². The fraction of sp³-hybridized carbons (Fsp3) is 0.300. The van der Waals surface area contributed by atoms with Crippen molar-refractivity contribution >= 4 is 26.7 Å². The lowest BCUT2D eigenvalue weighted by atomic mass is 10.3. The Balaban J connectivity index is 2.43. The van der Waals surface area contributed by atoms with Crippen molar-refractivity contribution < 1.29 is 0 Å². The number of hydrogen-bond donors (Lipinski definition) is 1. The van der Waals surface area contributed by atoms with Gasteiger partial charge >= 0.3 is 0 Å². The second-order valence-electron chi connectivity index (χ2n) is 3.00. The number of aromatic nitrogens is 1. The molecule has 0 saturated heterocycles. The zero-order valence-corrected chi connectivity index (χ0v) is 8.92. The summed E-state index contributed by atoms with van der Waals surface area (Å²) < 4.78 is 1.22. The smallest absolute Gasteiger partial charge is 0.187 e. The van der Waals surface area contributed by atoms with Crippen LogP contribution in [0.1, 0.15) is 6.92 Å². The molecule has 14 heavy (non-hydrogen) atoms. The number of hydrogen-bond acceptors (Lipinski definition) is 4. The van der Waals surface area contributed by atoms with Crippen LogP contribution < -0.4 is 10.6 Å². The molecule has 0 saturated carbocycles. The van der Waals surface area contributed by atoms with Crippen molar-refractivity contribution in [3.63, 3.8) is 0 Å². The highest BCUT2D eigenvalue weighted by Gasteiger charge is 2.07. The van der Waals surface area contributed by atoms with Gasteiger partial charge in [0.1, 0.15) is 0 Å². The summed E-state index contributed by atoms with van der Waals surface area (Å²) in [5.41, 5.74) is 6.68. The minimum absolute atomic E-state index is 0.524. The molecule has 0 atom stereocenters. The first-order chi connectivity index (χ1) is 6.85. The standard InChI is InChI=1S/C10H13N3S/c1-2-13(7-11)10-12-8-5-3-4-6-9(8)14-10/h3-6H,2,7,11H2,1H3. The summed E-state index contributed by atoms with van der Waals surface area (Å²) in [7, 11) is 0. The predicted molar refractivity (Wildman–Crippen MR) is 61.7 cm³/mol. The molecule has 0 aliphatic carbocycles. The van der Waals surface area contributed by atoms with Gasteiger partial charge in [0.25, 0.3) is 0 Å². The van der Waals surface area contributed by atoms with Gasteiger partial charge in [0.05, 0.1) is 16.9 Å². The van der Waals surface area contributed by atoms with Crippen LogP contribution >= 0.6 is 11.3 Å². The third-order valence-electron chi connectivity index (χ3n) is 2.16. The van der Waals surface area contributed by atoms with E-state index in [0.717, 1.165) is 17.2 Å². The molecule has 74 valence electrons.